The zero-order valence-corrected chi connectivity index (χ0v) is 19.8. The monoisotopic (exact) mass is 424 g/mol. The number of hydrogen-bond acceptors (Lipinski definition) is 3. The van der Waals surface area contributed by atoms with E-state index in [4.69, 9.17) is 4.74 Å². The van der Waals surface area contributed by atoms with E-state index in [2.05, 4.69) is 48.0 Å². The van der Waals surface area contributed by atoms with E-state index in [0.29, 0.717) is 23.7 Å². The summed E-state index contributed by atoms with van der Waals surface area (Å²) in [5, 5.41) is 1.38. The van der Waals surface area contributed by atoms with Crippen molar-refractivity contribution in [2.45, 2.75) is 77.9 Å². The van der Waals surface area contributed by atoms with Gasteiger partial charge in [0.05, 0.1) is 12.1 Å². The van der Waals surface area contributed by atoms with Gasteiger partial charge in [0.2, 0.25) is 0 Å². The van der Waals surface area contributed by atoms with E-state index in [9.17, 15) is 4.79 Å². The summed E-state index contributed by atoms with van der Waals surface area (Å²) in [5.41, 5.74) is 4.15. The molecule has 5 atom stereocenters. The molecular formula is C27H40N2O2. The topological polar surface area (TPSA) is 45.3 Å². The predicted octanol–water partition coefficient (Wildman–Crippen LogP) is 5.91. The van der Waals surface area contributed by atoms with Crippen molar-refractivity contribution in [3.63, 3.8) is 0 Å². The van der Waals surface area contributed by atoms with Crippen molar-refractivity contribution < 1.29 is 9.53 Å². The molecule has 31 heavy (non-hydrogen) atoms. The van der Waals surface area contributed by atoms with Gasteiger partial charge in [0.1, 0.15) is 5.78 Å². The van der Waals surface area contributed by atoms with Crippen molar-refractivity contribution in [2.75, 3.05) is 20.2 Å². The lowest BCUT2D eigenvalue weighted by atomic mass is 9.64. The molecule has 1 saturated heterocycles. The second-order valence-electron chi connectivity index (χ2n) is 9.82. The number of benzene rings is 1. The number of methoxy groups -OCH3 is 1. The average molecular weight is 425 g/mol. The number of ether oxygens (including phenoxy) is 1. The van der Waals surface area contributed by atoms with E-state index in [1.807, 2.05) is 0 Å². The van der Waals surface area contributed by atoms with Crippen molar-refractivity contribution in [1.29, 1.82) is 0 Å². The Hall–Kier alpha value is -1.65. The third kappa shape index (κ3) is 4.34. The smallest absolute Gasteiger partial charge is 0.135 e. The molecule has 170 valence electrons. The number of H-pyrrole nitrogens is 1. The van der Waals surface area contributed by atoms with Gasteiger partial charge in [0.15, 0.2) is 0 Å². The molecule has 2 fully saturated rings. The molecule has 1 aromatic heterocycles. The Kier molecular flexibility index (Phi) is 7.18. The van der Waals surface area contributed by atoms with Crippen LogP contribution in [0.25, 0.3) is 10.9 Å². The minimum Gasteiger partial charge on any atom is -0.381 e. The lowest BCUT2D eigenvalue weighted by molar-refractivity contribution is -0.137. The van der Waals surface area contributed by atoms with E-state index in [-0.39, 0.29) is 12.0 Å². The molecule has 3 aliphatic rings. The summed E-state index contributed by atoms with van der Waals surface area (Å²) >= 11 is 0. The number of carbonyl (C=O) groups excluding carboxylic acids is 1. The fraction of sp³-hybridized carbons (Fsp3) is 0.667. The summed E-state index contributed by atoms with van der Waals surface area (Å²) in [6.07, 6.45) is 8.60. The Bertz CT molecular complexity index is 886. The molecule has 1 N–H and O–H groups in total. The number of aromatic nitrogens is 1. The predicted molar refractivity (Wildman–Crippen MR) is 127 cm³/mol. The first-order valence-electron chi connectivity index (χ1n) is 12.5. The molecule has 5 rings (SSSR count). The number of para-hydroxylation sites is 1. The fourth-order valence-corrected chi connectivity index (χ4v) is 6.50. The van der Waals surface area contributed by atoms with Crippen LogP contribution in [0, 0.1) is 17.8 Å². The number of nitrogens with one attached hydrogen (secondary N) is 1. The number of Topliss-reactive ketones (excluding diaryl/α,β-unsaturated/α-hetero) is 1. The van der Waals surface area contributed by atoms with Gasteiger partial charge in [-0.1, -0.05) is 51.3 Å². The molecule has 0 spiro atoms. The first-order valence-corrected chi connectivity index (χ1v) is 12.5. The summed E-state index contributed by atoms with van der Waals surface area (Å²) < 4.78 is 5.73. The summed E-state index contributed by atoms with van der Waals surface area (Å²) in [5.74, 6) is 1.46. The van der Waals surface area contributed by atoms with Gasteiger partial charge in [-0.15, -0.1) is 0 Å². The number of aromatic amines is 1. The number of rotatable bonds is 4. The van der Waals surface area contributed by atoms with Gasteiger partial charge in [-0.25, -0.2) is 0 Å². The maximum absolute atomic E-state index is 12.5. The molecule has 1 aliphatic carbocycles. The molecule has 2 unspecified atom stereocenters. The first-order chi connectivity index (χ1) is 15.1. The molecule has 1 saturated carbocycles. The Morgan fingerprint density at radius 2 is 1.97 bits per heavy atom. The van der Waals surface area contributed by atoms with Crippen LogP contribution in [-0.4, -0.2) is 42.0 Å². The molecule has 3 heterocycles. The molecule has 2 aliphatic heterocycles. The third-order valence-electron chi connectivity index (χ3n) is 8.00. The van der Waals surface area contributed by atoms with Gasteiger partial charge in [-0.2, -0.15) is 0 Å². The van der Waals surface area contributed by atoms with E-state index < -0.39 is 0 Å². The fourth-order valence-electron chi connectivity index (χ4n) is 6.50. The molecule has 0 bridgehead atoms. The maximum Gasteiger partial charge on any atom is 0.135 e. The Balaban J connectivity index is 0.000000418. The number of ketones is 1. The van der Waals surface area contributed by atoms with Crippen LogP contribution in [0.5, 0.6) is 0 Å². The summed E-state index contributed by atoms with van der Waals surface area (Å²) in [6.45, 7) is 8.46. The number of nitrogens with zero attached hydrogens (tertiary/aromatic N) is 1. The van der Waals surface area contributed by atoms with E-state index in [1.54, 1.807) is 14.0 Å². The normalized spacial score (nSPS) is 30.0. The standard InChI is InChI=1S/C22H28N2O2.C5H12/c1-13(25)21-17-11-19-22-16(15-5-3-4-6-18(15)23-22)9-10-24(19)12-14(17)7-8-20(21)26-2;1-3-5-4-2/h3-6,14,17,19-21,23H,7-12H2,1-2H3;3-5H2,1-2H3/t14-,17-,19-,20?,21?;/m0./s1. The van der Waals surface area contributed by atoms with Crippen LogP contribution >= 0.6 is 0 Å². The second-order valence-corrected chi connectivity index (χ2v) is 9.82. The molecule has 0 radical (unpaired) electrons. The van der Waals surface area contributed by atoms with Gasteiger partial charge in [-0.05, 0) is 56.1 Å². The number of fused-ring (bicyclic) bond motifs is 6. The lowest BCUT2D eigenvalue weighted by Crippen LogP contribution is -2.53. The van der Waals surface area contributed by atoms with Crippen LogP contribution in [0.4, 0.5) is 0 Å². The highest BCUT2D eigenvalue weighted by molar-refractivity contribution is 5.85. The lowest BCUT2D eigenvalue weighted by Gasteiger charge is -2.51. The Morgan fingerprint density at radius 1 is 1.19 bits per heavy atom. The highest BCUT2D eigenvalue weighted by Gasteiger charge is 2.48. The SMILES string of the molecule is CCCCC.COC1CC[C@H]2CN3CCc4c([nH]c5ccccc45)[C@@H]3C[C@@H]2C1C(C)=O. The van der Waals surface area contributed by atoms with E-state index in [1.165, 1.54) is 47.8 Å². The van der Waals surface area contributed by atoms with Gasteiger partial charge in [-0.3, -0.25) is 9.69 Å². The van der Waals surface area contributed by atoms with Crippen molar-refractivity contribution in [3.8, 4) is 0 Å². The highest BCUT2D eigenvalue weighted by Crippen LogP contribution is 2.49. The highest BCUT2D eigenvalue weighted by atomic mass is 16.5. The summed E-state index contributed by atoms with van der Waals surface area (Å²) in [4.78, 5) is 18.9. The minimum atomic E-state index is 0.0654. The van der Waals surface area contributed by atoms with Gasteiger partial charge in [0, 0.05) is 42.7 Å². The minimum absolute atomic E-state index is 0.0654. The molecule has 2 aromatic rings. The summed E-state index contributed by atoms with van der Waals surface area (Å²) in [6, 6.07) is 9.09. The zero-order valence-electron chi connectivity index (χ0n) is 19.8. The largest absolute Gasteiger partial charge is 0.381 e. The van der Waals surface area contributed by atoms with Crippen molar-refractivity contribution >= 4 is 16.7 Å². The van der Waals surface area contributed by atoms with Crippen LogP contribution in [-0.2, 0) is 16.0 Å². The number of piperidine rings is 1. The quantitative estimate of drug-likeness (QED) is 0.663. The molecular weight excluding hydrogens is 384 g/mol. The van der Waals surface area contributed by atoms with E-state index >= 15 is 0 Å². The van der Waals surface area contributed by atoms with Crippen LogP contribution in [0.3, 0.4) is 0 Å². The number of unbranched alkanes of at least 4 members (excludes halogenated alkanes) is 2. The number of hydrogen-bond donors (Lipinski definition) is 1. The average Bonchev–Trinajstić information content (AvgIpc) is 3.17. The maximum atomic E-state index is 12.5. The molecule has 4 heteroatoms. The van der Waals surface area contributed by atoms with Crippen LogP contribution in [0.15, 0.2) is 24.3 Å². The zero-order chi connectivity index (χ0) is 22.0. The first kappa shape index (κ1) is 22.5. The van der Waals surface area contributed by atoms with Crippen LogP contribution in [0.2, 0.25) is 0 Å². The van der Waals surface area contributed by atoms with Crippen LogP contribution < -0.4 is 0 Å². The Morgan fingerprint density at radius 3 is 2.65 bits per heavy atom. The van der Waals surface area contributed by atoms with Gasteiger partial charge < -0.3 is 9.72 Å². The summed E-state index contributed by atoms with van der Waals surface area (Å²) in [7, 11) is 1.77. The molecule has 0 amide bonds. The van der Waals surface area contributed by atoms with Gasteiger partial charge in [0.25, 0.3) is 0 Å². The van der Waals surface area contributed by atoms with Crippen LogP contribution in [0.1, 0.15) is 76.6 Å². The third-order valence-corrected chi connectivity index (χ3v) is 8.00. The molecule has 4 nitrogen and oxygen atoms in total. The Labute approximate surface area is 187 Å². The van der Waals surface area contributed by atoms with Crippen molar-refractivity contribution in [1.82, 2.24) is 9.88 Å². The number of carbonyl (C=O) groups is 1. The van der Waals surface area contributed by atoms with E-state index in [0.717, 1.165) is 32.4 Å². The second kappa shape index (κ2) is 9.87. The van der Waals surface area contributed by atoms with Gasteiger partial charge >= 0.3 is 0 Å². The molecule has 1 aromatic carbocycles. The van der Waals surface area contributed by atoms with Crippen molar-refractivity contribution in [2.24, 2.45) is 17.8 Å². The van der Waals surface area contributed by atoms with Crippen molar-refractivity contribution in [3.05, 3.63) is 35.5 Å².